The van der Waals surface area contributed by atoms with Crippen LogP contribution in [0.1, 0.15) is 61.5 Å². The van der Waals surface area contributed by atoms with Crippen molar-refractivity contribution in [2.24, 2.45) is 23.7 Å². The lowest BCUT2D eigenvalue weighted by Gasteiger charge is -2.59. The molecule has 4 fully saturated rings. The van der Waals surface area contributed by atoms with Gasteiger partial charge in [0.05, 0.1) is 16.8 Å². The van der Waals surface area contributed by atoms with Gasteiger partial charge in [0.15, 0.2) is 5.72 Å². The first-order chi connectivity index (χ1) is 21.5. The minimum absolute atomic E-state index is 0.0371. The number of halogens is 1. The summed E-state index contributed by atoms with van der Waals surface area (Å²) in [4.78, 5) is 33.1. The van der Waals surface area contributed by atoms with Crippen LogP contribution in [0.25, 0.3) is 22.4 Å². The molecule has 0 spiro atoms. The van der Waals surface area contributed by atoms with Gasteiger partial charge in [0.1, 0.15) is 11.4 Å². The van der Waals surface area contributed by atoms with E-state index in [-0.39, 0.29) is 23.6 Å². The minimum Gasteiger partial charge on any atom is -0.489 e. The highest BCUT2D eigenvalue weighted by Crippen LogP contribution is 2.58. The van der Waals surface area contributed by atoms with E-state index in [1.165, 1.54) is 6.42 Å². The van der Waals surface area contributed by atoms with E-state index in [2.05, 4.69) is 10.2 Å². The number of pyridine rings is 1. The first-order valence-corrected chi connectivity index (χ1v) is 16.3. The summed E-state index contributed by atoms with van der Waals surface area (Å²) in [5, 5.41) is 13.4. The van der Waals surface area contributed by atoms with Crippen molar-refractivity contribution in [1.82, 2.24) is 15.2 Å². The van der Waals surface area contributed by atoms with E-state index < -0.39 is 17.8 Å². The second kappa shape index (κ2) is 12.6. The molecule has 3 aromatic rings. The molecule has 7 rings (SSSR count). The Hall–Kier alpha value is -3.62. The summed E-state index contributed by atoms with van der Waals surface area (Å²) in [6.45, 7) is 4.94. The second-order valence-corrected chi connectivity index (χ2v) is 13.9. The molecule has 2 aromatic carbocycles. The number of amides is 1. The number of hydrogen-bond donors (Lipinski definition) is 2. The highest BCUT2D eigenvalue weighted by Gasteiger charge is 2.60. The summed E-state index contributed by atoms with van der Waals surface area (Å²) >= 11 is 6.60. The maximum absolute atomic E-state index is 14.0. The lowest BCUT2D eigenvalue weighted by Crippen LogP contribution is -2.68. The Kier molecular flexibility index (Phi) is 8.81. The van der Waals surface area contributed by atoms with Gasteiger partial charge in [-0.15, -0.1) is 0 Å². The van der Waals surface area contributed by atoms with Gasteiger partial charge < -0.3 is 24.8 Å². The Morgan fingerprint density at radius 1 is 1.02 bits per heavy atom. The largest absolute Gasteiger partial charge is 0.507 e. The van der Waals surface area contributed by atoms with Gasteiger partial charge >= 0.3 is 6.16 Å². The number of nitrogens with one attached hydrogen (secondary N) is 1. The first-order valence-electron chi connectivity index (χ1n) is 15.9. The van der Waals surface area contributed by atoms with Crippen molar-refractivity contribution in [1.29, 1.82) is 0 Å². The van der Waals surface area contributed by atoms with Gasteiger partial charge in [-0.1, -0.05) is 41.9 Å². The van der Waals surface area contributed by atoms with Crippen LogP contribution in [0.4, 0.5) is 4.79 Å². The minimum atomic E-state index is -1.36. The SMILES string of the molecule is Cc1ccccc1-c1ccc(C(=O)NC2(OC(=O)O)C3CC4CC(C3)CC2C4)nc1-c1ccc(Cl)c(OC(C)CCN(C)C)c1. The molecule has 4 aliphatic rings. The van der Waals surface area contributed by atoms with Crippen LogP contribution in [-0.2, 0) is 4.74 Å². The summed E-state index contributed by atoms with van der Waals surface area (Å²) in [5.74, 6) is 1.18. The molecule has 0 radical (unpaired) electrons. The fraction of sp³-hybridized carbons (Fsp3) is 0.472. The average Bonchev–Trinajstić information content (AvgIpc) is 2.99. The molecule has 1 unspecified atom stereocenters. The lowest BCUT2D eigenvalue weighted by atomic mass is 9.52. The fourth-order valence-corrected chi connectivity index (χ4v) is 8.18. The van der Waals surface area contributed by atoms with E-state index in [1.54, 1.807) is 12.1 Å². The predicted molar refractivity (Wildman–Crippen MR) is 174 cm³/mol. The average molecular weight is 632 g/mol. The van der Waals surface area contributed by atoms with Gasteiger partial charge in [0, 0.05) is 29.5 Å². The van der Waals surface area contributed by atoms with Crippen molar-refractivity contribution in [3.8, 4) is 28.1 Å². The quantitative estimate of drug-likeness (QED) is 0.175. The summed E-state index contributed by atoms with van der Waals surface area (Å²) < 4.78 is 11.9. The van der Waals surface area contributed by atoms with E-state index in [4.69, 9.17) is 26.1 Å². The van der Waals surface area contributed by atoms with Crippen molar-refractivity contribution in [2.75, 3.05) is 20.6 Å². The molecular weight excluding hydrogens is 590 g/mol. The summed E-state index contributed by atoms with van der Waals surface area (Å²) in [5.41, 5.74) is 3.26. The van der Waals surface area contributed by atoms with E-state index in [9.17, 15) is 14.7 Å². The zero-order chi connectivity index (χ0) is 31.9. The zero-order valence-electron chi connectivity index (χ0n) is 26.4. The van der Waals surface area contributed by atoms with Gasteiger partial charge in [-0.25, -0.2) is 9.78 Å². The van der Waals surface area contributed by atoms with Gasteiger partial charge in [-0.05, 0) is 114 Å². The zero-order valence-corrected chi connectivity index (χ0v) is 27.1. The maximum atomic E-state index is 14.0. The number of carbonyl (C=O) groups is 2. The monoisotopic (exact) mass is 631 g/mol. The van der Waals surface area contributed by atoms with E-state index >= 15 is 0 Å². The molecule has 2 N–H and O–H groups in total. The molecule has 1 atom stereocenters. The third-order valence-electron chi connectivity index (χ3n) is 9.99. The molecule has 9 heteroatoms. The topological polar surface area (TPSA) is 101 Å². The van der Waals surface area contributed by atoms with Crippen LogP contribution >= 0.6 is 11.6 Å². The Labute approximate surface area is 270 Å². The molecule has 4 saturated carbocycles. The Morgan fingerprint density at radius 2 is 1.71 bits per heavy atom. The number of ether oxygens (including phenoxy) is 2. The van der Waals surface area contributed by atoms with Crippen LogP contribution in [0.15, 0.2) is 54.6 Å². The highest BCUT2D eigenvalue weighted by atomic mass is 35.5. The summed E-state index contributed by atoms with van der Waals surface area (Å²) in [6.07, 6.45) is 4.07. The van der Waals surface area contributed by atoms with Crippen LogP contribution in [0.2, 0.25) is 5.02 Å². The van der Waals surface area contributed by atoms with Crippen molar-refractivity contribution < 1.29 is 24.2 Å². The number of rotatable bonds is 10. The van der Waals surface area contributed by atoms with E-state index in [1.807, 2.05) is 70.4 Å². The predicted octanol–water partition coefficient (Wildman–Crippen LogP) is 7.67. The number of carbonyl (C=O) groups excluding carboxylic acids is 1. The number of carboxylic acid groups (broad SMARTS) is 1. The van der Waals surface area contributed by atoms with Crippen LogP contribution in [0.3, 0.4) is 0 Å². The third-order valence-corrected chi connectivity index (χ3v) is 10.3. The molecule has 1 aromatic heterocycles. The van der Waals surface area contributed by atoms with Crippen molar-refractivity contribution in [3.05, 3.63) is 70.9 Å². The molecule has 238 valence electrons. The summed E-state index contributed by atoms with van der Waals surface area (Å²) in [6, 6.07) is 17.2. The fourth-order valence-electron chi connectivity index (χ4n) is 8.02. The Morgan fingerprint density at radius 3 is 2.36 bits per heavy atom. The van der Waals surface area contributed by atoms with Crippen molar-refractivity contribution in [2.45, 2.75) is 64.2 Å². The Balaban J connectivity index is 1.37. The number of aryl methyl sites for hydroxylation is 1. The smallest absolute Gasteiger partial charge is 0.489 e. The van der Waals surface area contributed by atoms with Crippen LogP contribution in [-0.4, -0.2) is 59.5 Å². The number of benzene rings is 2. The van der Waals surface area contributed by atoms with Gasteiger partial charge in [-0.2, -0.15) is 0 Å². The molecule has 45 heavy (non-hydrogen) atoms. The molecule has 0 saturated heterocycles. The molecule has 4 bridgehead atoms. The molecule has 0 aliphatic heterocycles. The molecule has 8 nitrogen and oxygen atoms in total. The standard InChI is InChI=1S/C36H42ClN3O5/c1-21-7-5-6-8-28(21)29-10-12-31(38-33(29)25-9-11-30(37)32(20-25)44-22(2)13-14-40(3)4)34(41)39-36(45-35(42)43)26-16-23-15-24(18-26)19-27(36)17-23/h5-12,20,22-24,26-27H,13-19H2,1-4H3,(H,39,41)(H,42,43). The van der Waals surface area contributed by atoms with E-state index in [0.717, 1.165) is 60.9 Å². The summed E-state index contributed by atoms with van der Waals surface area (Å²) in [7, 11) is 4.06. The van der Waals surface area contributed by atoms with Crippen LogP contribution in [0, 0.1) is 30.6 Å². The lowest BCUT2D eigenvalue weighted by molar-refractivity contribution is -0.191. The number of aromatic nitrogens is 1. The molecular formula is C36H42ClN3O5. The second-order valence-electron chi connectivity index (χ2n) is 13.5. The van der Waals surface area contributed by atoms with E-state index in [0.29, 0.717) is 28.3 Å². The van der Waals surface area contributed by atoms with Crippen molar-refractivity contribution in [3.63, 3.8) is 0 Å². The third kappa shape index (κ3) is 6.40. The molecule has 1 heterocycles. The molecule has 4 aliphatic carbocycles. The number of hydrogen-bond acceptors (Lipinski definition) is 6. The van der Waals surface area contributed by atoms with Crippen LogP contribution in [0.5, 0.6) is 5.75 Å². The Bertz CT molecular complexity index is 1560. The van der Waals surface area contributed by atoms with Crippen molar-refractivity contribution >= 4 is 23.7 Å². The van der Waals surface area contributed by atoms with Gasteiger partial charge in [-0.3, -0.25) is 4.79 Å². The maximum Gasteiger partial charge on any atom is 0.507 e. The number of nitrogens with zero attached hydrogens (tertiary/aromatic N) is 2. The first kappa shape index (κ1) is 31.4. The molecule has 1 amide bonds. The van der Waals surface area contributed by atoms with Gasteiger partial charge in [0.2, 0.25) is 0 Å². The van der Waals surface area contributed by atoms with Crippen LogP contribution < -0.4 is 10.1 Å². The normalized spacial score (nSPS) is 25.6. The highest BCUT2D eigenvalue weighted by molar-refractivity contribution is 6.32. The van der Waals surface area contributed by atoms with Gasteiger partial charge in [0.25, 0.3) is 5.91 Å².